The molecule has 0 spiro atoms. The molecule has 0 N–H and O–H groups in total. The highest BCUT2D eigenvalue weighted by Gasteiger charge is 2.53. The van der Waals surface area contributed by atoms with Crippen LogP contribution in [-0.2, 0) is 30.4 Å². The monoisotopic (exact) mass is 456 g/mol. The Balaban J connectivity index is 2.18. The molecule has 0 amide bonds. The lowest BCUT2D eigenvalue weighted by Crippen LogP contribution is -2.52. The first-order valence-electron chi connectivity index (χ1n) is 11.6. The van der Waals surface area contributed by atoms with Gasteiger partial charge in [0.2, 0.25) is 5.78 Å². The van der Waals surface area contributed by atoms with Crippen LogP contribution in [0.2, 0.25) is 16.6 Å². The average Bonchev–Trinajstić information content (AvgIpc) is 3.18. The number of benzene rings is 1. The van der Waals surface area contributed by atoms with Gasteiger partial charge in [-0.2, -0.15) is 0 Å². The van der Waals surface area contributed by atoms with E-state index in [2.05, 4.69) is 41.5 Å². The number of hydrogen-bond acceptors (Lipinski definition) is 5. The second-order valence-electron chi connectivity index (χ2n) is 9.77. The van der Waals surface area contributed by atoms with Crippen LogP contribution in [0.3, 0.4) is 0 Å². The summed E-state index contributed by atoms with van der Waals surface area (Å²) in [5.74, 6) is -2.08. The largest absolute Gasteiger partial charge is 0.484 e. The molecule has 1 aliphatic carbocycles. The molecule has 0 saturated carbocycles. The van der Waals surface area contributed by atoms with Crippen molar-refractivity contribution >= 4 is 19.6 Å². The number of allylic oxidation sites excluding steroid dienone is 2. The molecule has 32 heavy (non-hydrogen) atoms. The van der Waals surface area contributed by atoms with Crippen molar-refractivity contribution in [2.24, 2.45) is 0 Å². The van der Waals surface area contributed by atoms with Gasteiger partial charge in [-0.25, -0.2) is 0 Å². The first kappa shape index (κ1) is 24.6. The lowest BCUT2D eigenvalue weighted by Gasteiger charge is -2.45. The summed E-state index contributed by atoms with van der Waals surface area (Å²) in [6.45, 7) is 15.9. The molecule has 0 radical (unpaired) electrons. The van der Waals surface area contributed by atoms with Crippen LogP contribution in [0.15, 0.2) is 52.9 Å². The van der Waals surface area contributed by atoms with E-state index in [-0.39, 0.29) is 29.0 Å². The first-order valence-corrected chi connectivity index (χ1v) is 13.8. The van der Waals surface area contributed by atoms with Gasteiger partial charge >= 0.3 is 0 Å². The van der Waals surface area contributed by atoms with E-state index in [0.717, 1.165) is 5.56 Å². The Labute approximate surface area is 192 Å². The fourth-order valence-electron chi connectivity index (χ4n) is 5.76. The van der Waals surface area contributed by atoms with Crippen molar-refractivity contribution in [2.45, 2.75) is 77.5 Å². The molecule has 0 unspecified atom stereocenters. The standard InChI is InChI=1S/C26H36O5Si/c1-17(2)32(18(3)4,19(5)6)22-15-21(26(7)30-13-14-31-26)25(24(28)23(22)27)29-16-20-11-9-8-10-12-20/h8-12,15,17-19H,13-14,16H2,1-7H3. The highest BCUT2D eigenvalue weighted by Crippen LogP contribution is 2.49. The van der Waals surface area contributed by atoms with E-state index in [1.165, 1.54) is 0 Å². The lowest BCUT2D eigenvalue weighted by molar-refractivity contribution is -0.136. The molecule has 1 saturated heterocycles. The Hall–Kier alpha value is -2.02. The quantitative estimate of drug-likeness (QED) is 0.293. The van der Waals surface area contributed by atoms with Crippen LogP contribution >= 0.6 is 0 Å². The van der Waals surface area contributed by atoms with E-state index >= 15 is 0 Å². The fourth-order valence-corrected chi connectivity index (χ4v) is 12.5. The molecule has 174 valence electrons. The second-order valence-corrected chi connectivity index (χ2v) is 15.6. The van der Waals surface area contributed by atoms with E-state index in [1.807, 2.05) is 43.3 Å². The Morgan fingerprint density at radius 2 is 1.44 bits per heavy atom. The fraction of sp³-hybridized carbons (Fsp3) is 0.538. The van der Waals surface area contributed by atoms with Crippen LogP contribution in [-0.4, -0.2) is 38.6 Å². The summed E-state index contributed by atoms with van der Waals surface area (Å²) < 4.78 is 17.9. The molecule has 0 aromatic heterocycles. The van der Waals surface area contributed by atoms with Crippen molar-refractivity contribution in [2.75, 3.05) is 13.2 Å². The number of ether oxygens (including phenoxy) is 3. The molecule has 3 rings (SSSR count). The van der Waals surface area contributed by atoms with Gasteiger partial charge < -0.3 is 14.2 Å². The van der Waals surface area contributed by atoms with Gasteiger partial charge in [0.1, 0.15) is 6.61 Å². The zero-order valence-electron chi connectivity index (χ0n) is 20.4. The topological polar surface area (TPSA) is 61.8 Å². The Morgan fingerprint density at radius 3 is 1.94 bits per heavy atom. The van der Waals surface area contributed by atoms with Crippen molar-refractivity contribution < 1.29 is 23.8 Å². The molecule has 6 heteroatoms. The van der Waals surface area contributed by atoms with E-state index in [0.29, 0.717) is 24.0 Å². The van der Waals surface area contributed by atoms with E-state index < -0.39 is 25.4 Å². The summed E-state index contributed by atoms with van der Waals surface area (Å²) in [6.07, 6.45) is 1.89. The predicted octanol–water partition coefficient (Wildman–Crippen LogP) is 5.52. The van der Waals surface area contributed by atoms with E-state index in [4.69, 9.17) is 14.2 Å². The van der Waals surface area contributed by atoms with Gasteiger partial charge in [-0.3, -0.25) is 9.59 Å². The van der Waals surface area contributed by atoms with Crippen LogP contribution in [0.1, 0.15) is 54.0 Å². The van der Waals surface area contributed by atoms with Gasteiger partial charge in [-0.15, -0.1) is 0 Å². The maximum atomic E-state index is 13.6. The predicted molar refractivity (Wildman–Crippen MR) is 128 cm³/mol. The van der Waals surface area contributed by atoms with E-state index in [9.17, 15) is 9.59 Å². The second kappa shape index (κ2) is 9.46. The number of carbonyl (C=O) groups excluding carboxylic acids is 2. The van der Waals surface area contributed by atoms with Crippen LogP contribution in [0.25, 0.3) is 0 Å². The molecule has 5 nitrogen and oxygen atoms in total. The van der Waals surface area contributed by atoms with E-state index in [1.54, 1.807) is 0 Å². The molecule has 1 fully saturated rings. The van der Waals surface area contributed by atoms with Crippen molar-refractivity contribution in [1.82, 2.24) is 0 Å². The van der Waals surface area contributed by atoms with Gasteiger partial charge in [-0.1, -0.05) is 71.9 Å². The summed E-state index contributed by atoms with van der Waals surface area (Å²) >= 11 is 0. The summed E-state index contributed by atoms with van der Waals surface area (Å²) in [5, 5.41) is 0.671. The molecule has 1 heterocycles. The van der Waals surface area contributed by atoms with Crippen LogP contribution in [0, 0.1) is 0 Å². The van der Waals surface area contributed by atoms with Gasteiger partial charge in [-0.05, 0) is 40.4 Å². The molecule has 1 aromatic rings. The van der Waals surface area contributed by atoms with Crippen LogP contribution in [0.5, 0.6) is 0 Å². The summed E-state index contributed by atoms with van der Waals surface area (Å²) in [6, 6.07) is 9.61. The Kier molecular flexibility index (Phi) is 7.27. The average molecular weight is 457 g/mol. The molecule has 2 aliphatic rings. The minimum Gasteiger partial charge on any atom is -0.484 e. The maximum absolute atomic E-state index is 13.6. The number of ketones is 2. The highest BCUT2D eigenvalue weighted by molar-refractivity contribution is 6.96. The van der Waals surface area contributed by atoms with Gasteiger partial charge in [0.25, 0.3) is 5.78 Å². The van der Waals surface area contributed by atoms with Crippen LogP contribution < -0.4 is 0 Å². The molecular formula is C26H36O5Si. The van der Waals surface area contributed by atoms with Gasteiger partial charge in [0, 0.05) is 0 Å². The first-order chi connectivity index (χ1) is 15.1. The third-order valence-electron chi connectivity index (χ3n) is 7.08. The normalized spacial score (nSPS) is 19.4. The van der Waals surface area contributed by atoms with Crippen molar-refractivity contribution in [3.05, 3.63) is 58.5 Å². The summed E-state index contributed by atoms with van der Waals surface area (Å²) in [7, 11) is -2.38. The minimum absolute atomic E-state index is 0.0474. The van der Waals surface area contributed by atoms with Crippen LogP contribution in [0.4, 0.5) is 0 Å². The minimum atomic E-state index is -2.38. The Morgan fingerprint density at radius 1 is 0.906 bits per heavy atom. The number of carbonyl (C=O) groups is 2. The molecule has 1 aliphatic heterocycles. The maximum Gasteiger partial charge on any atom is 0.267 e. The third kappa shape index (κ3) is 4.16. The highest BCUT2D eigenvalue weighted by atomic mass is 28.3. The smallest absolute Gasteiger partial charge is 0.267 e. The Bertz CT molecular complexity index is 899. The van der Waals surface area contributed by atoms with Gasteiger partial charge in [0.15, 0.2) is 11.5 Å². The zero-order valence-corrected chi connectivity index (χ0v) is 21.4. The van der Waals surface area contributed by atoms with Crippen molar-refractivity contribution in [3.63, 3.8) is 0 Å². The molecule has 1 aromatic carbocycles. The number of rotatable bonds is 8. The van der Waals surface area contributed by atoms with Crippen molar-refractivity contribution in [1.29, 1.82) is 0 Å². The number of hydrogen-bond donors (Lipinski definition) is 0. The molecule has 0 bridgehead atoms. The number of Topliss-reactive ketones (excluding diaryl/α,β-unsaturated/α-hetero) is 2. The SMILES string of the molecule is CC(C)[Si](C1=CC(C2(C)OCCO2)=C(OCc2ccccc2)C(=O)C1=O)(C(C)C)C(C)C. The molecular weight excluding hydrogens is 420 g/mol. The zero-order chi connectivity index (χ0) is 23.7. The van der Waals surface area contributed by atoms with Crippen molar-refractivity contribution in [3.8, 4) is 0 Å². The van der Waals surface area contributed by atoms with Gasteiger partial charge in [0.05, 0.1) is 26.9 Å². The third-order valence-corrected chi connectivity index (χ3v) is 14.1. The summed E-state index contributed by atoms with van der Waals surface area (Å²) in [4.78, 5) is 27.1. The lowest BCUT2D eigenvalue weighted by atomic mass is 9.96. The summed E-state index contributed by atoms with van der Waals surface area (Å²) in [5.41, 5.74) is 2.32. The molecule has 0 atom stereocenters.